The summed E-state index contributed by atoms with van der Waals surface area (Å²) in [5.74, 6) is 2.04. The average Bonchev–Trinajstić information content (AvgIpc) is 2.63. The lowest BCUT2D eigenvalue weighted by molar-refractivity contribution is 0.126. The van der Waals surface area contributed by atoms with Gasteiger partial charge in [-0.2, -0.15) is 0 Å². The van der Waals surface area contributed by atoms with Crippen molar-refractivity contribution in [3.05, 3.63) is 23.7 Å². The summed E-state index contributed by atoms with van der Waals surface area (Å²) in [4.78, 5) is 2.34. The van der Waals surface area contributed by atoms with Gasteiger partial charge in [-0.15, -0.1) is 0 Å². The standard InChI is InChI=1S/C14H26N2O/c1-11(14(2,3)4)16(6)10-13-8-7-12(17-13)9-15-5/h7-8,11,15H,9-10H2,1-6H3. The largest absolute Gasteiger partial charge is 0.463 e. The van der Waals surface area contributed by atoms with Gasteiger partial charge in [-0.1, -0.05) is 20.8 Å². The van der Waals surface area contributed by atoms with Crippen molar-refractivity contribution in [3.63, 3.8) is 0 Å². The van der Waals surface area contributed by atoms with E-state index in [9.17, 15) is 0 Å². The molecule has 0 radical (unpaired) electrons. The van der Waals surface area contributed by atoms with Crippen LogP contribution in [0.3, 0.4) is 0 Å². The minimum Gasteiger partial charge on any atom is -0.463 e. The Kier molecular flexibility index (Phi) is 4.78. The zero-order valence-corrected chi connectivity index (χ0v) is 12.0. The van der Waals surface area contributed by atoms with Crippen LogP contribution in [0.5, 0.6) is 0 Å². The highest BCUT2D eigenvalue weighted by Gasteiger charge is 2.24. The van der Waals surface area contributed by atoms with Gasteiger partial charge in [0.15, 0.2) is 0 Å². The lowest BCUT2D eigenvalue weighted by atomic mass is 9.87. The second-order valence-electron chi connectivity index (χ2n) is 5.86. The Hall–Kier alpha value is -0.800. The summed E-state index contributed by atoms with van der Waals surface area (Å²) in [7, 11) is 4.08. The second-order valence-corrected chi connectivity index (χ2v) is 5.86. The molecular weight excluding hydrogens is 212 g/mol. The number of nitrogens with zero attached hydrogens (tertiary/aromatic N) is 1. The smallest absolute Gasteiger partial charge is 0.118 e. The summed E-state index contributed by atoms with van der Waals surface area (Å²) < 4.78 is 5.75. The van der Waals surface area contributed by atoms with E-state index in [0.29, 0.717) is 6.04 Å². The fourth-order valence-corrected chi connectivity index (χ4v) is 1.82. The molecule has 0 aliphatic heterocycles. The van der Waals surface area contributed by atoms with Crippen LogP contribution in [-0.2, 0) is 13.1 Å². The first kappa shape index (κ1) is 14.3. The Morgan fingerprint density at radius 2 is 1.88 bits per heavy atom. The monoisotopic (exact) mass is 238 g/mol. The molecule has 0 saturated carbocycles. The maximum Gasteiger partial charge on any atom is 0.118 e. The van der Waals surface area contributed by atoms with Crippen molar-refractivity contribution in [2.24, 2.45) is 5.41 Å². The van der Waals surface area contributed by atoms with E-state index < -0.39 is 0 Å². The zero-order chi connectivity index (χ0) is 13.1. The average molecular weight is 238 g/mol. The molecule has 1 rings (SSSR count). The van der Waals surface area contributed by atoms with Gasteiger partial charge in [0.1, 0.15) is 11.5 Å². The quantitative estimate of drug-likeness (QED) is 0.855. The minimum absolute atomic E-state index is 0.287. The molecule has 3 heteroatoms. The van der Waals surface area contributed by atoms with Crippen molar-refractivity contribution in [2.45, 2.75) is 46.8 Å². The number of hydrogen-bond acceptors (Lipinski definition) is 3. The van der Waals surface area contributed by atoms with Gasteiger partial charge in [-0.25, -0.2) is 0 Å². The predicted octanol–water partition coefficient (Wildman–Crippen LogP) is 2.87. The molecule has 0 spiro atoms. The minimum atomic E-state index is 0.287. The molecule has 3 nitrogen and oxygen atoms in total. The third-order valence-electron chi connectivity index (χ3n) is 3.39. The molecule has 1 N–H and O–H groups in total. The van der Waals surface area contributed by atoms with Crippen LogP contribution in [-0.4, -0.2) is 25.0 Å². The first-order valence-electron chi connectivity index (χ1n) is 6.27. The molecule has 1 unspecified atom stereocenters. The maximum absolute atomic E-state index is 5.75. The van der Waals surface area contributed by atoms with Gasteiger partial charge in [0, 0.05) is 6.04 Å². The van der Waals surface area contributed by atoms with Crippen LogP contribution < -0.4 is 5.32 Å². The summed E-state index contributed by atoms with van der Waals surface area (Å²) in [6.45, 7) is 10.7. The summed E-state index contributed by atoms with van der Waals surface area (Å²) in [5, 5.41) is 3.09. The Bertz CT molecular complexity index is 338. The molecule has 0 saturated heterocycles. The first-order chi connectivity index (χ1) is 7.84. The van der Waals surface area contributed by atoms with E-state index in [-0.39, 0.29) is 5.41 Å². The lowest BCUT2D eigenvalue weighted by Gasteiger charge is -2.34. The highest BCUT2D eigenvalue weighted by atomic mass is 16.3. The summed E-state index contributed by atoms with van der Waals surface area (Å²) in [5.41, 5.74) is 0.287. The predicted molar refractivity (Wildman–Crippen MR) is 71.9 cm³/mol. The molecule has 0 bridgehead atoms. The van der Waals surface area contributed by atoms with Crippen LogP contribution in [0, 0.1) is 5.41 Å². The zero-order valence-electron chi connectivity index (χ0n) is 12.0. The maximum atomic E-state index is 5.75. The molecule has 1 atom stereocenters. The molecule has 1 heterocycles. The summed E-state index contributed by atoms with van der Waals surface area (Å²) in [6.07, 6.45) is 0. The van der Waals surface area contributed by atoms with Crippen LogP contribution in [0.2, 0.25) is 0 Å². The highest BCUT2D eigenvalue weighted by molar-refractivity contribution is 5.07. The molecule has 0 amide bonds. The van der Waals surface area contributed by atoms with Gasteiger partial charge < -0.3 is 9.73 Å². The lowest BCUT2D eigenvalue weighted by Crippen LogP contribution is -2.38. The third kappa shape index (κ3) is 4.17. The van der Waals surface area contributed by atoms with Crippen LogP contribution in [0.25, 0.3) is 0 Å². The van der Waals surface area contributed by atoms with Crippen LogP contribution >= 0.6 is 0 Å². The molecule has 1 aromatic heterocycles. The van der Waals surface area contributed by atoms with Crippen molar-refractivity contribution < 1.29 is 4.42 Å². The van der Waals surface area contributed by atoms with Gasteiger partial charge in [0.25, 0.3) is 0 Å². The fraction of sp³-hybridized carbons (Fsp3) is 0.714. The first-order valence-corrected chi connectivity index (χ1v) is 6.27. The van der Waals surface area contributed by atoms with E-state index >= 15 is 0 Å². The van der Waals surface area contributed by atoms with Crippen LogP contribution in [0.15, 0.2) is 16.5 Å². The fourth-order valence-electron chi connectivity index (χ4n) is 1.82. The SMILES string of the molecule is CNCc1ccc(CN(C)C(C)C(C)(C)C)o1. The molecule has 0 aromatic carbocycles. The van der Waals surface area contributed by atoms with Gasteiger partial charge in [-0.3, -0.25) is 4.90 Å². The van der Waals surface area contributed by atoms with E-state index in [1.54, 1.807) is 0 Å². The van der Waals surface area contributed by atoms with E-state index in [1.807, 2.05) is 13.1 Å². The number of hydrogen-bond donors (Lipinski definition) is 1. The number of rotatable bonds is 5. The van der Waals surface area contributed by atoms with Crippen molar-refractivity contribution in [3.8, 4) is 0 Å². The Morgan fingerprint density at radius 1 is 1.29 bits per heavy atom. The molecule has 98 valence electrons. The second kappa shape index (κ2) is 5.69. The van der Waals surface area contributed by atoms with Gasteiger partial charge in [0.05, 0.1) is 13.1 Å². The molecule has 0 aliphatic rings. The van der Waals surface area contributed by atoms with Gasteiger partial charge in [0.2, 0.25) is 0 Å². The van der Waals surface area contributed by atoms with E-state index in [2.05, 4.69) is 51.0 Å². The topological polar surface area (TPSA) is 28.4 Å². The van der Waals surface area contributed by atoms with Gasteiger partial charge >= 0.3 is 0 Å². The summed E-state index contributed by atoms with van der Waals surface area (Å²) in [6, 6.07) is 4.63. The molecule has 0 fully saturated rings. The van der Waals surface area contributed by atoms with E-state index in [4.69, 9.17) is 4.42 Å². The molecule has 1 aromatic rings. The van der Waals surface area contributed by atoms with Crippen molar-refractivity contribution in [1.82, 2.24) is 10.2 Å². The molecule has 17 heavy (non-hydrogen) atoms. The van der Waals surface area contributed by atoms with E-state index in [1.165, 1.54) is 0 Å². The molecular formula is C14H26N2O. The Morgan fingerprint density at radius 3 is 2.41 bits per heavy atom. The van der Waals surface area contributed by atoms with Crippen LogP contribution in [0.1, 0.15) is 39.2 Å². The van der Waals surface area contributed by atoms with Crippen LogP contribution in [0.4, 0.5) is 0 Å². The van der Waals surface area contributed by atoms with Crippen molar-refractivity contribution in [1.29, 1.82) is 0 Å². The summed E-state index contributed by atoms with van der Waals surface area (Å²) >= 11 is 0. The molecule has 0 aliphatic carbocycles. The van der Waals surface area contributed by atoms with Crippen molar-refractivity contribution >= 4 is 0 Å². The van der Waals surface area contributed by atoms with E-state index in [0.717, 1.165) is 24.6 Å². The number of furan rings is 1. The Balaban J connectivity index is 2.58. The Labute approximate surface area is 105 Å². The highest BCUT2D eigenvalue weighted by Crippen LogP contribution is 2.24. The third-order valence-corrected chi connectivity index (χ3v) is 3.39. The normalized spacial score (nSPS) is 14.3. The van der Waals surface area contributed by atoms with Gasteiger partial charge in [-0.05, 0) is 38.6 Å². The number of nitrogens with one attached hydrogen (secondary N) is 1. The van der Waals surface area contributed by atoms with Crippen molar-refractivity contribution in [2.75, 3.05) is 14.1 Å².